The molecule has 4 nitrogen and oxygen atoms in total. The molecule has 0 aliphatic rings. The third-order valence-electron chi connectivity index (χ3n) is 5.32. The highest BCUT2D eigenvalue weighted by Crippen LogP contribution is 2.26. The Kier molecular flexibility index (Phi) is 5.68. The van der Waals surface area contributed by atoms with E-state index in [2.05, 4.69) is 24.4 Å². The Morgan fingerprint density at radius 2 is 1.68 bits per heavy atom. The predicted molar refractivity (Wildman–Crippen MR) is 116 cm³/mol. The van der Waals surface area contributed by atoms with Crippen LogP contribution in [0, 0.1) is 20.8 Å². The summed E-state index contributed by atoms with van der Waals surface area (Å²) in [5.74, 6) is -0.168. The molecule has 1 aromatic heterocycles. The lowest BCUT2D eigenvalue weighted by molar-refractivity contribution is -0.119. The van der Waals surface area contributed by atoms with Crippen molar-refractivity contribution >= 4 is 22.5 Å². The molecule has 1 heterocycles. The van der Waals surface area contributed by atoms with Crippen LogP contribution in [0.3, 0.4) is 0 Å². The highest BCUT2D eigenvalue weighted by Gasteiger charge is 2.23. The molecule has 0 saturated carbocycles. The first kappa shape index (κ1) is 19.9. The number of aryl methyl sites for hydroxylation is 4. The number of carbonyl (C=O) groups excluding carboxylic acids is 1. The molecule has 2 aromatic carbocycles. The monoisotopic (exact) mass is 376 g/mol. The normalized spacial score (nSPS) is 12.2. The molecule has 1 amide bonds. The fourth-order valence-corrected chi connectivity index (χ4v) is 3.87. The molecule has 1 unspecified atom stereocenters. The van der Waals surface area contributed by atoms with Crippen LogP contribution in [0.5, 0.6) is 0 Å². The number of nitrogens with one attached hydrogen (secondary N) is 1. The van der Waals surface area contributed by atoms with Gasteiger partial charge in [0, 0.05) is 17.1 Å². The first-order chi connectivity index (χ1) is 13.3. The Hall–Kier alpha value is -2.88. The van der Waals surface area contributed by atoms with E-state index in [1.54, 1.807) is 10.6 Å². The van der Waals surface area contributed by atoms with Crippen molar-refractivity contribution in [1.82, 2.24) is 4.57 Å². The van der Waals surface area contributed by atoms with Crippen molar-refractivity contribution in [3.05, 3.63) is 75.1 Å². The lowest BCUT2D eigenvalue weighted by Crippen LogP contribution is -2.33. The van der Waals surface area contributed by atoms with Gasteiger partial charge in [-0.25, -0.2) is 0 Å². The van der Waals surface area contributed by atoms with Crippen LogP contribution >= 0.6 is 0 Å². The first-order valence-electron chi connectivity index (χ1n) is 9.88. The number of fused-ring (bicyclic) bond motifs is 1. The zero-order valence-corrected chi connectivity index (χ0v) is 17.3. The molecule has 0 radical (unpaired) electrons. The van der Waals surface area contributed by atoms with E-state index >= 15 is 0 Å². The van der Waals surface area contributed by atoms with Crippen LogP contribution < -0.4 is 10.9 Å². The van der Waals surface area contributed by atoms with E-state index in [1.807, 2.05) is 52.0 Å². The van der Waals surface area contributed by atoms with Gasteiger partial charge in [-0.15, -0.1) is 0 Å². The molecule has 0 aliphatic carbocycles. The summed E-state index contributed by atoms with van der Waals surface area (Å²) in [7, 11) is 0. The molecule has 0 aliphatic heterocycles. The molecule has 0 bridgehead atoms. The topological polar surface area (TPSA) is 51.1 Å². The number of pyridine rings is 1. The van der Waals surface area contributed by atoms with Crippen molar-refractivity contribution in [2.75, 3.05) is 5.32 Å². The number of amides is 1. The van der Waals surface area contributed by atoms with Crippen molar-refractivity contribution in [1.29, 1.82) is 0 Å². The second kappa shape index (κ2) is 8.01. The van der Waals surface area contributed by atoms with Crippen LogP contribution in [0.1, 0.15) is 48.6 Å². The first-order valence-corrected chi connectivity index (χ1v) is 9.88. The summed E-state index contributed by atoms with van der Waals surface area (Å²) in [6.07, 6.45) is 1.49. The molecule has 0 saturated heterocycles. The molecule has 28 heavy (non-hydrogen) atoms. The molecule has 146 valence electrons. The Bertz CT molecular complexity index is 1080. The van der Waals surface area contributed by atoms with Crippen LogP contribution in [0.15, 0.2) is 47.3 Å². The minimum atomic E-state index is -0.567. The maximum atomic E-state index is 13.1. The van der Waals surface area contributed by atoms with E-state index in [0.717, 1.165) is 39.7 Å². The summed E-state index contributed by atoms with van der Waals surface area (Å²) in [6.45, 7) is 10.0. The van der Waals surface area contributed by atoms with Crippen molar-refractivity contribution in [2.45, 2.75) is 53.5 Å². The molecular formula is C24H28N2O2. The SMILES string of the molecule is CCc1ccc(NC(=O)C(CC)n2c(=O)cc(C)c3cc(C)cc(C)c32)cc1. The summed E-state index contributed by atoms with van der Waals surface area (Å²) < 4.78 is 1.66. The van der Waals surface area contributed by atoms with Gasteiger partial charge in [-0.1, -0.05) is 37.6 Å². The summed E-state index contributed by atoms with van der Waals surface area (Å²) in [4.78, 5) is 26.0. The highest BCUT2D eigenvalue weighted by molar-refractivity contribution is 5.95. The van der Waals surface area contributed by atoms with Gasteiger partial charge in [0.15, 0.2) is 0 Å². The van der Waals surface area contributed by atoms with Crippen molar-refractivity contribution in [3.8, 4) is 0 Å². The van der Waals surface area contributed by atoms with Gasteiger partial charge < -0.3 is 5.32 Å². The zero-order valence-electron chi connectivity index (χ0n) is 17.3. The van der Waals surface area contributed by atoms with Crippen molar-refractivity contribution in [3.63, 3.8) is 0 Å². The van der Waals surface area contributed by atoms with Gasteiger partial charge in [-0.2, -0.15) is 0 Å². The van der Waals surface area contributed by atoms with Crippen LogP contribution in [-0.2, 0) is 11.2 Å². The standard InChI is InChI=1S/C24H28N2O2/c1-6-18-8-10-19(11-9-18)25-24(28)21(7-2)26-22(27)14-16(4)20-13-15(3)12-17(5)23(20)26/h8-14,21H,6-7H2,1-5H3,(H,25,28). The Morgan fingerprint density at radius 3 is 2.29 bits per heavy atom. The number of carbonyl (C=O) groups is 1. The predicted octanol–water partition coefficient (Wildman–Crippen LogP) is 5.08. The third kappa shape index (κ3) is 3.72. The number of nitrogens with zero attached hydrogens (tertiary/aromatic N) is 1. The zero-order chi connectivity index (χ0) is 20.4. The van der Waals surface area contributed by atoms with E-state index in [9.17, 15) is 9.59 Å². The molecule has 4 heteroatoms. The Labute approximate surface area is 166 Å². The van der Waals surface area contributed by atoms with E-state index in [-0.39, 0.29) is 11.5 Å². The summed E-state index contributed by atoms with van der Waals surface area (Å²) in [5, 5.41) is 4.01. The molecule has 3 aromatic rings. The maximum absolute atomic E-state index is 13.1. The van der Waals surface area contributed by atoms with Crippen LogP contribution in [0.2, 0.25) is 0 Å². The second-order valence-corrected chi connectivity index (χ2v) is 7.48. The summed E-state index contributed by atoms with van der Waals surface area (Å²) in [6, 6.07) is 13.1. The van der Waals surface area contributed by atoms with Gasteiger partial charge in [0.2, 0.25) is 5.91 Å². The largest absolute Gasteiger partial charge is 0.324 e. The minimum Gasteiger partial charge on any atom is -0.324 e. The van der Waals surface area contributed by atoms with E-state index in [0.29, 0.717) is 6.42 Å². The molecule has 0 fully saturated rings. The molecular weight excluding hydrogens is 348 g/mol. The quantitative estimate of drug-likeness (QED) is 0.675. The average molecular weight is 377 g/mol. The van der Waals surface area contributed by atoms with Gasteiger partial charge in [-0.3, -0.25) is 14.2 Å². The van der Waals surface area contributed by atoms with Gasteiger partial charge in [-0.05, 0) is 68.5 Å². The lowest BCUT2D eigenvalue weighted by atomic mass is 10.0. The smallest absolute Gasteiger partial charge is 0.252 e. The van der Waals surface area contributed by atoms with Crippen molar-refractivity contribution in [2.24, 2.45) is 0 Å². The van der Waals surface area contributed by atoms with Crippen LogP contribution in [0.4, 0.5) is 5.69 Å². The van der Waals surface area contributed by atoms with Gasteiger partial charge >= 0.3 is 0 Å². The van der Waals surface area contributed by atoms with E-state index in [4.69, 9.17) is 0 Å². The fraction of sp³-hybridized carbons (Fsp3) is 0.333. The average Bonchev–Trinajstić information content (AvgIpc) is 2.65. The number of hydrogen-bond acceptors (Lipinski definition) is 2. The number of hydrogen-bond donors (Lipinski definition) is 1. The minimum absolute atomic E-state index is 0.139. The summed E-state index contributed by atoms with van der Waals surface area (Å²) in [5.41, 5.74) is 5.77. The summed E-state index contributed by atoms with van der Waals surface area (Å²) >= 11 is 0. The molecule has 0 spiro atoms. The Balaban J connectivity index is 2.07. The fourth-order valence-electron chi connectivity index (χ4n) is 3.87. The lowest BCUT2D eigenvalue weighted by Gasteiger charge is -2.22. The Morgan fingerprint density at radius 1 is 1.00 bits per heavy atom. The maximum Gasteiger partial charge on any atom is 0.252 e. The molecule has 1 N–H and O–H groups in total. The van der Waals surface area contributed by atoms with E-state index in [1.165, 1.54) is 5.56 Å². The van der Waals surface area contributed by atoms with Crippen LogP contribution in [0.25, 0.3) is 10.9 Å². The number of anilines is 1. The third-order valence-corrected chi connectivity index (χ3v) is 5.32. The number of rotatable bonds is 5. The highest BCUT2D eigenvalue weighted by atomic mass is 16.2. The van der Waals surface area contributed by atoms with Gasteiger partial charge in [0.25, 0.3) is 5.56 Å². The van der Waals surface area contributed by atoms with Crippen molar-refractivity contribution < 1.29 is 4.79 Å². The van der Waals surface area contributed by atoms with Gasteiger partial charge in [0.05, 0.1) is 5.52 Å². The van der Waals surface area contributed by atoms with Gasteiger partial charge in [0.1, 0.15) is 6.04 Å². The molecule has 1 atom stereocenters. The van der Waals surface area contributed by atoms with E-state index < -0.39 is 6.04 Å². The number of aromatic nitrogens is 1. The van der Waals surface area contributed by atoms with Crippen LogP contribution in [-0.4, -0.2) is 10.5 Å². The number of benzene rings is 2. The second-order valence-electron chi connectivity index (χ2n) is 7.48. The molecule has 3 rings (SSSR count).